The molecule has 1 aliphatic rings. The van der Waals surface area contributed by atoms with Gasteiger partial charge in [0.05, 0.1) is 11.0 Å². The van der Waals surface area contributed by atoms with E-state index in [2.05, 4.69) is 9.97 Å². The fourth-order valence-electron chi connectivity index (χ4n) is 3.80. The highest BCUT2D eigenvalue weighted by Crippen LogP contribution is 2.36. The van der Waals surface area contributed by atoms with Crippen LogP contribution in [0.5, 0.6) is 0 Å². The third-order valence-corrected chi connectivity index (χ3v) is 5.23. The summed E-state index contributed by atoms with van der Waals surface area (Å²) in [5, 5.41) is 9.87. The number of rotatable bonds is 7. The molecule has 0 spiro atoms. The van der Waals surface area contributed by atoms with Crippen molar-refractivity contribution < 1.29 is 19.4 Å². The van der Waals surface area contributed by atoms with E-state index in [1.165, 1.54) is 0 Å². The summed E-state index contributed by atoms with van der Waals surface area (Å²) >= 11 is 0. The Labute approximate surface area is 158 Å². The van der Waals surface area contributed by atoms with Gasteiger partial charge in [0.25, 0.3) is 5.91 Å². The second-order valence-corrected chi connectivity index (χ2v) is 7.00. The largest absolute Gasteiger partial charge is 0.481 e. The van der Waals surface area contributed by atoms with Crippen LogP contribution in [0.15, 0.2) is 36.7 Å². The Bertz CT molecular complexity index is 790. The molecule has 1 aromatic carbocycles. The van der Waals surface area contributed by atoms with E-state index in [1.807, 2.05) is 18.2 Å². The van der Waals surface area contributed by atoms with E-state index in [9.17, 15) is 14.7 Å². The topological polar surface area (TPSA) is 95.5 Å². The minimum Gasteiger partial charge on any atom is -0.481 e. The number of hydrogen-bond donors (Lipinski definition) is 2. The molecule has 0 saturated carbocycles. The van der Waals surface area contributed by atoms with E-state index >= 15 is 0 Å². The van der Waals surface area contributed by atoms with Gasteiger partial charge in [-0.25, -0.2) is 4.98 Å². The maximum Gasteiger partial charge on any atom is 0.311 e. The molecule has 0 bridgehead atoms. The molecule has 2 N–H and O–H groups in total. The number of benzene rings is 1. The number of nitrogens with zero attached hydrogens (tertiary/aromatic N) is 2. The monoisotopic (exact) mass is 371 g/mol. The molecule has 1 atom stereocenters. The molecule has 1 fully saturated rings. The van der Waals surface area contributed by atoms with Crippen molar-refractivity contribution in [3.05, 3.63) is 42.2 Å². The maximum absolute atomic E-state index is 13.2. The Morgan fingerprint density at radius 1 is 1.37 bits per heavy atom. The number of carboxylic acid groups (broad SMARTS) is 1. The quantitative estimate of drug-likeness (QED) is 0.730. The van der Waals surface area contributed by atoms with Crippen LogP contribution in [0.2, 0.25) is 0 Å². The average molecular weight is 371 g/mol. The zero-order valence-corrected chi connectivity index (χ0v) is 15.5. The van der Waals surface area contributed by atoms with E-state index in [-0.39, 0.29) is 12.5 Å². The van der Waals surface area contributed by atoms with Crippen molar-refractivity contribution in [2.45, 2.75) is 25.7 Å². The van der Waals surface area contributed by atoms with Gasteiger partial charge in [-0.05, 0) is 31.7 Å². The molecule has 1 aromatic heterocycles. The number of nitrogens with one attached hydrogen (secondary N) is 1. The van der Waals surface area contributed by atoms with Crippen molar-refractivity contribution in [3.8, 4) is 11.4 Å². The summed E-state index contributed by atoms with van der Waals surface area (Å²) in [6.45, 7) is 1.30. The van der Waals surface area contributed by atoms with Gasteiger partial charge in [-0.3, -0.25) is 9.59 Å². The molecule has 1 saturated heterocycles. The molecule has 2 aromatic rings. The van der Waals surface area contributed by atoms with E-state index in [0.29, 0.717) is 50.2 Å². The van der Waals surface area contributed by atoms with Crippen molar-refractivity contribution in [1.29, 1.82) is 0 Å². The number of ether oxygens (including phenoxy) is 1. The average Bonchev–Trinajstić information content (AvgIpc) is 3.22. The molecule has 0 radical (unpaired) electrons. The zero-order valence-electron chi connectivity index (χ0n) is 15.5. The van der Waals surface area contributed by atoms with Gasteiger partial charge < -0.3 is 19.7 Å². The number of likely N-dealkylation sites (tertiary alicyclic amines) is 1. The predicted molar refractivity (Wildman–Crippen MR) is 100 cm³/mol. The lowest BCUT2D eigenvalue weighted by Crippen LogP contribution is -2.50. The SMILES string of the molecule is COCCCC1(C(=O)O)CCCN(C(=O)c2ccccc2-c2ncc[nH]2)C1. The molecule has 27 heavy (non-hydrogen) atoms. The summed E-state index contributed by atoms with van der Waals surface area (Å²) in [5.74, 6) is -0.366. The number of carbonyl (C=O) groups excluding carboxylic acids is 1. The summed E-state index contributed by atoms with van der Waals surface area (Å²) in [7, 11) is 1.61. The zero-order chi connectivity index (χ0) is 19.3. The normalized spacial score (nSPS) is 19.8. The molecule has 1 unspecified atom stereocenters. The Kier molecular flexibility index (Phi) is 5.91. The first-order valence-electron chi connectivity index (χ1n) is 9.18. The summed E-state index contributed by atoms with van der Waals surface area (Å²) in [5.41, 5.74) is 0.343. The highest BCUT2D eigenvalue weighted by Gasteiger charge is 2.43. The number of aromatic amines is 1. The Morgan fingerprint density at radius 2 is 2.19 bits per heavy atom. The van der Waals surface area contributed by atoms with Gasteiger partial charge in [0.2, 0.25) is 0 Å². The summed E-state index contributed by atoms with van der Waals surface area (Å²) in [4.78, 5) is 34.2. The van der Waals surface area contributed by atoms with E-state index in [4.69, 9.17) is 4.74 Å². The van der Waals surface area contributed by atoms with E-state index in [0.717, 1.165) is 5.56 Å². The molecule has 144 valence electrons. The van der Waals surface area contributed by atoms with Crippen LogP contribution in [-0.2, 0) is 9.53 Å². The van der Waals surface area contributed by atoms with Gasteiger partial charge in [-0.2, -0.15) is 0 Å². The molecule has 7 nitrogen and oxygen atoms in total. The van der Waals surface area contributed by atoms with E-state index < -0.39 is 11.4 Å². The molecular formula is C20H25N3O4. The van der Waals surface area contributed by atoms with Crippen molar-refractivity contribution in [3.63, 3.8) is 0 Å². The lowest BCUT2D eigenvalue weighted by Gasteiger charge is -2.40. The van der Waals surface area contributed by atoms with Gasteiger partial charge in [0.15, 0.2) is 0 Å². The highest BCUT2D eigenvalue weighted by molar-refractivity contribution is 6.00. The molecule has 2 heterocycles. The minimum absolute atomic E-state index is 0.154. The first kappa shape index (κ1) is 19.1. The number of amides is 1. The van der Waals surface area contributed by atoms with Crippen LogP contribution in [0, 0.1) is 5.41 Å². The Morgan fingerprint density at radius 3 is 2.89 bits per heavy atom. The third-order valence-electron chi connectivity index (χ3n) is 5.23. The number of H-pyrrole nitrogens is 1. The maximum atomic E-state index is 13.2. The van der Waals surface area contributed by atoms with Crippen molar-refractivity contribution in [2.75, 3.05) is 26.8 Å². The number of hydrogen-bond acceptors (Lipinski definition) is 4. The Hall–Kier alpha value is -2.67. The van der Waals surface area contributed by atoms with Crippen molar-refractivity contribution >= 4 is 11.9 Å². The highest BCUT2D eigenvalue weighted by atomic mass is 16.5. The molecule has 0 aliphatic carbocycles. The van der Waals surface area contributed by atoms with Gasteiger partial charge in [0.1, 0.15) is 5.82 Å². The number of aliphatic carboxylic acids is 1. The first-order chi connectivity index (χ1) is 13.1. The van der Waals surface area contributed by atoms with Crippen LogP contribution in [0.1, 0.15) is 36.0 Å². The van der Waals surface area contributed by atoms with Crippen molar-refractivity contribution in [1.82, 2.24) is 14.9 Å². The predicted octanol–water partition coefficient (Wildman–Crippen LogP) is 2.81. The third kappa shape index (κ3) is 4.03. The minimum atomic E-state index is -0.911. The van der Waals surface area contributed by atoms with Crippen LogP contribution < -0.4 is 0 Å². The lowest BCUT2D eigenvalue weighted by molar-refractivity contribution is -0.152. The van der Waals surface area contributed by atoms with Crippen LogP contribution in [0.4, 0.5) is 0 Å². The Balaban J connectivity index is 1.84. The molecule has 1 aliphatic heterocycles. The van der Waals surface area contributed by atoms with Crippen LogP contribution in [0.3, 0.4) is 0 Å². The summed E-state index contributed by atoms with van der Waals surface area (Å²) in [6, 6.07) is 7.28. The summed E-state index contributed by atoms with van der Waals surface area (Å²) < 4.78 is 5.07. The standard InChI is InChI=1S/C20H25N3O4/c1-27-13-5-9-20(19(25)26)8-4-12-23(14-20)18(24)16-7-3-2-6-15(16)17-21-10-11-22-17/h2-3,6-7,10-11H,4-5,8-9,12-14H2,1H3,(H,21,22)(H,25,26). The lowest BCUT2D eigenvalue weighted by atomic mass is 9.76. The smallest absolute Gasteiger partial charge is 0.311 e. The molecule has 1 amide bonds. The van der Waals surface area contributed by atoms with Crippen LogP contribution >= 0.6 is 0 Å². The number of aromatic nitrogens is 2. The fourth-order valence-corrected chi connectivity index (χ4v) is 3.80. The van der Waals surface area contributed by atoms with Gasteiger partial charge in [-0.1, -0.05) is 18.2 Å². The number of piperidine rings is 1. The van der Waals surface area contributed by atoms with Crippen LogP contribution in [-0.4, -0.2) is 58.7 Å². The van der Waals surface area contributed by atoms with E-state index in [1.54, 1.807) is 30.5 Å². The summed E-state index contributed by atoms with van der Waals surface area (Å²) in [6.07, 6.45) is 5.77. The molecular weight excluding hydrogens is 346 g/mol. The second-order valence-electron chi connectivity index (χ2n) is 7.00. The second kappa shape index (κ2) is 8.35. The van der Waals surface area contributed by atoms with Gasteiger partial charge in [0, 0.05) is 44.8 Å². The van der Waals surface area contributed by atoms with Crippen molar-refractivity contribution in [2.24, 2.45) is 5.41 Å². The van der Waals surface area contributed by atoms with Crippen LogP contribution in [0.25, 0.3) is 11.4 Å². The number of carbonyl (C=O) groups is 2. The van der Waals surface area contributed by atoms with Gasteiger partial charge in [-0.15, -0.1) is 0 Å². The number of methoxy groups -OCH3 is 1. The number of imidazole rings is 1. The first-order valence-corrected chi connectivity index (χ1v) is 9.18. The molecule has 3 rings (SSSR count). The fraction of sp³-hybridized carbons (Fsp3) is 0.450. The number of carboxylic acids is 1. The molecule has 7 heteroatoms. The van der Waals surface area contributed by atoms with Gasteiger partial charge >= 0.3 is 5.97 Å².